The molecule has 0 aliphatic heterocycles. The number of methoxy groups -OCH3 is 1. The molecule has 4 rings (SSSR count). The first-order chi connectivity index (χ1) is 13.1. The summed E-state index contributed by atoms with van der Waals surface area (Å²) in [6.45, 7) is 0. The minimum absolute atomic E-state index is 0.147. The van der Waals surface area contributed by atoms with E-state index in [4.69, 9.17) is 4.74 Å². The van der Waals surface area contributed by atoms with Gasteiger partial charge in [-0.2, -0.15) is 0 Å². The molecule has 2 heterocycles. The second-order valence-corrected chi connectivity index (χ2v) is 6.77. The van der Waals surface area contributed by atoms with Gasteiger partial charge in [0.25, 0.3) is 5.91 Å². The molecular weight excluding hydrogens is 342 g/mol. The van der Waals surface area contributed by atoms with Gasteiger partial charge in [0.1, 0.15) is 5.75 Å². The Kier molecular flexibility index (Phi) is 4.58. The molecule has 0 atom stereocenters. The number of ether oxygens (including phenoxy) is 1. The normalized spacial score (nSPS) is 18.6. The first kappa shape index (κ1) is 17.2. The highest BCUT2D eigenvalue weighted by atomic mass is 16.5. The second kappa shape index (κ2) is 7.19. The standard InChI is InChI=1S/C20H21N5O2/c1-25-12-21-11-18(25)17-7-8-22-19(24-17)20(26)23-15-9-14(10-15)13-3-5-16(27-2)6-4-13/h3-8,11-12,14-15H,9-10H2,1-2H3,(H,23,26). The highest BCUT2D eigenvalue weighted by molar-refractivity contribution is 5.91. The van der Waals surface area contributed by atoms with E-state index >= 15 is 0 Å². The molecule has 1 aliphatic rings. The van der Waals surface area contributed by atoms with E-state index in [1.807, 2.05) is 23.7 Å². The Morgan fingerprint density at radius 2 is 2.00 bits per heavy atom. The third kappa shape index (κ3) is 3.53. The van der Waals surface area contributed by atoms with Crippen LogP contribution in [0.4, 0.5) is 0 Å². The fourth-order valence-corrected chi connectivity index (χ4v) is 3.35. The van der Waals surface area contributed by atoms with Gasteiger partial charge in [-0.15, -0.1) is 0 Å². The summed E-state index contributed by atoms with van der Waals surface area (Å²) in [6.07, 6.45) is 6.85. The predicted molar refractivity (Wildman–Crippen MR) is 100 cm³/mol. The Bertz CT molecular complexity index is 945. The Hall–Kier alpha value is -3.22. The fraction of sp³-hybridized carbons (Fsp3) is 0.300. The quantitative estimate of drug-likeness (QED) is 0.753. The van der Waals surface area contributed by atoms with Crippen LogP contribution in [0.5, 0.6) is 5.75 Å². The Balaban J connectivity index is 1.37. The van der Waals surface area contributed by atoms with Crippen LogP contribution in [-0.4, -0.2) is 38.6 Å². The summed E-state index contributed by atoms with van der Waals surface area (Å²) in [7, 11) is 3.55. The number of aryl methyl sites for hydroxylation is 1. The van der Waals surface area contributed by atoms with Crippen molar-refractivity contribution in [2.45, 2.75) is 24.8 Å². The Morgan fingerprint density at radius 1 is 1.22 bits per heavy atom. The number of benzene rings is 1. The van der Waals surface area contributed by atoms with Crippen molar-refractivity contribution in [1.29, 1.82) is 0 Å². The molecule has 1 fully saturated rings. The molecule has 0 saturated heterocycles. The van der Waals surface area contributed by atoms with Crippen molar-refractivity contribution in [2.24, 2.45) is 7.05 Å². The molecule has 0 radical (unpaired) electrons. The lowest BCUT2D eigenvalue weighted by Gasteiger charge is -2.36. The van der Waals surface area contributed by atoms with Crippen molar-refractivity contribution in [2.75, 3.05) is 7.11 Å². The second-order valence-electron chi connectivity index (χ2n) is 6.77. The SMILES string of the molecule is COc1ccc(C2CC(NC(=O)c3nccc(-c4cncn4C)n3)C2)cc1. The molecule has 0 bridgehead atoms. The number of aromatic nitrogens is 4. The molecule has 1 aliphatic carbocycles. The van der Waals surface area contributed by atoms with Crippen molar-refractivity contribution in [3.05, 3.63) is 60.4 Å². The van der Waals surface area contributed by atoms with Gasteiger partial charge in [0.15, 0.2) is 0 Å². The van der Waals surface area contributed by atoms with Crippen LogP contribution < -0.4 is 10.1 Å². The van der Waals surface area contributed by atoms with Gasteiger partial charge < -0.3 is 14.6 Å². The third-order valence-corrected chi connectivity index (χ3v) is 5.00. The van der Waals surface area contributed by atoms with Crippen molar-refractivity contribution in [1.82, 2.24) is 24.8 Å². The molecule has 27 heavy (non-hydrogen) atoms. The molecule has 1 aromatic carbocycles. The largest absolute Gasteiger partial charge is 0.497 e. The topological polar surface area (TPSA) is 81.9 Å². The van der Waals surface area contributed by atoms with Gasteiger partial charge in [0, 0.05) is 19.3 Å². The van der Waals surface area contributed by atoms with Crippen molar-refractivity contribution in [3.8, 4) is 17.1 Å². The maximum Gasteiger partial charge on any atom is 0.289 e. The average molecular weight is 363 g/mol. The van der Waals surface area contributed by atoms with Crippen molar-refractivity contribution < 1.29 is 9.53 Å². The zero-order valence-electron chi connectivity index (χ0n) is 15.3. The maximum absolute atomic E-state index is 12.5. The van der Waals surface area contributed by atoms with Gasteiger partial charge in [0.05, 0.1) is 31.0 Å². The predicted octanol–water partition coefficient (Wildman–Crippen LogP) is 2.56. The van der Waals surface area contributed by atoms with E-state index in [2.05, 4.69) is 32.4 Å². The summed E-state index contributed by atoms with van der Waals surface area (Å²) in [5.41, 5.74) is 2.80. The molecule has 138 valence electrons. The van der Waals surface area contributed by atoms with Gasteiger partial charge >= 0.3 is 0 Å². The van der Waals surface area contributed by atoms with Crippen molar-refractivity contribution >= 4 is 5.91 Å². The summed E-state index contributed by atoms with van der Waals surface area (Å²) in [5.74, 6) is 1.26. The van der Waals surface area contributed by atoms with Crippen LogP contribution in [0.2, 0.25) is 0 Å². The summed E-state index contributed by atoms with van der Waals surface area (Å²) in [4.78, 5) is 25.1. The Labute approximate surface area is 157 Å². The monoisotopic (exact) mass is 363 g/mol. The zero-order valence-corrected chi connectivity index (χ0v) is 15.3. The fourth-order valence-electron chi connectivity index (χ4n) is 3.35. The summed E-state index contributed by atoms with van der Waals surface area (Å²) in [6, 6.07) is 10.0. The van der Waals surface area contributed by atoms with Gasteiger partial charge in [-0.05, 0) is 42.5 Å². The lowest BCUT2D eigenvalue weighted by atomic mass is 9.76. The molecule has 1 saturated carbocycles. The van der Waals surface area contributed by atoms with Crippen LogP contribution in [-0.2, 0) is 7.05 Å². The minimum Gasteiger partial charge on any atom is -0.497 e. The number of nitrogens with one attached hydrogen (secondary N) is 1. The van der Waals surface area contributed by atoms with Crippen LogP contribution in [0.3, 0.4) is 0 Å². The van der Waals surface area contributed by atoms with Gasteiger partial charge in [-0.1, -0.05) is 12.1 Å². The van der Waals surface area contributed by atoms with Gasteiger partial charge in [0.2, 0.25) is 5.82 Å². The van der Waals surface area contributed by atoms with Gasteiger partial charge in [-0.3, -0.25) is 4.79 Å². The number of hydrogen-bond acceptors (Lipinski definition) is 5. The van der Waals surface area contributed by atoms with E-state index in [0.29, 0.717) is 11.6 Å². The van der Waals surface area contributed by atoms with E-state index in [1.54, 1.807) is 31.9 Å². The number of nitrogens with zero attached hydrogens (tertiary/aromatic N) is 4. The summed E-state index contributed by atoms with van der Waals surface area (Å²) < 4.78 is 7.05. The first-order valence-corrected chi connectivity index (χ1v) is 8.88. The molecular formula is C20H21N5O2. The van der Waals surface area contributed by atoms with E-state index in [-0.39, 0.29) is 17.8 Å². The van der Waals surface area contributed by atoms with Crippen LogP contribution >= 0.6 is 0 Å². The molecule has 1 N–H and O–H groups in total. The zero-order chi connectivity index (χ0) is 18.8. The maximum atomic E-state index is 12.5. The van der Waals surface area contributed by atoms with Crippen LogP contribution in [0.1, 0.15) is 34.9 Å². The number of hydrogen-bond donors (Lipinski definition) is 1. The Morgan fingerprint density at radius 3 is 2.67 bits per heavy atom. The highest BCUT2D eigenvalue weighted by Crippen LogP contribution is 2.37. The number of rotatable bonds is 5. The van der Waals surface area contributed by atoms with Crippen molar-refractivity contribution in [3.63, 3.8) is 0 Å². The highest BCUT2D eigenvalue weighted by Gasteiger charge is 2.32. The van der Waals surface area contributed by atoms with E-state index in [0.717, 1.165) is 24.3 Å². The molecule has 7 heteroatoms. The van der Waals surface area contributed by atoms with Gasteiger partial charge in [-0.25, -0.2) is 15.0 Å². The molecule has 7 nitrogen and oxygen atoms in total. The van der Waals surface area contributed by atoms with E-state index < -0.39 is 0 Å². The lowest BCUT2D eigenvalue weighted by Crippen LogP contribution is -2.43. The number of amides is 1. The number of carbonyl (C=O) groups is 1. The lowest BCUT2D eigenvalue weighted by molar-refractivity contribution is 0.0898. The van der Waals surface area contributed by atoms with E-state index in [1.165, 1.54) is 5.56 Å². The number of imidazole rings is 1. The summed E-state index contributed by atoms with van der Waals surface area (Å²) >= 11 is 0. The molecule has 3 aromatic rings. The molecule has 1 amide bonds. The molecule has 0 spiro atoms. The smallest absolute Gasteiger partial charge is 0.289 e. The first-order valence-electron chi connectivity index (χ1n) is 8.88. The number of carbonyl (C=O) groups excluding carboxylic acids is 1. The third-order valence-electron chi connectivity index (χ3n) is 5.00. The molecule has 2 aromatic heterocycles. The van der Waals surface area contributed by atoms with Crippen LogP contribution in [0.15, 0.2) is 49.1 Å². The summed E-state index contributed by atoms with van der Waals surface area (Å²) in [5, 5.41) is 3.03. The van der Waals surface area contributed by atoms with E-state index in [9.17, 15) is 4.79 Å². The average Bonchev–Trinajstić information content (AvgIpc) is 3.10. The molecule has 0 unspecified atom stereocenters. The van der Waals surface area contributed by atoms with Crippen LogP contribution in [0.25, 0.3) is 11.4 Å². The minimum atomic E-state index is -0.239. The van der Waals surface area contributed by atoms with Crippen LogP contribution in [0, 0.1) is 0 Å².